The monoisotopic (exact) mass is 338 g/mol. The van der Waals surface area contributed by atoms with E-state index < -0.39 is 26.2 Å². The predicted octanol–water partition coefficient (Wildman–Crippen LogP) is 0.996. The van der Waals surface area contributed by atoms with E-state index in [4.69, 9.17) is 0 Å². The quantitative estimate of drug-likeness (QED) is 0.611. The first-order valence-electron chi connectivity index (χ1n) is 6.87. The maximum Gasteiger partial charge on any atom is 0.290 e. The molecule has 23 heavy (non-hydrogen) atoms. The van der Waals surface area contributed by atoms with E-state index in [1.165, 1.54) is 12.1 Å². The lowest BCUT2D eigenvalue weighted by Crippen LogP contribution is -2.50. The fourth-order valence-corrected chi connectivity index (χ4v) is 4.12. The molecule has 0 saturated heterocycles. The van der Waals surface area contributed by atoms with Crippen molar-refractivity contribution in [2.75, 3.05) is 0 Å². The Morgan fingerprint density at radius 3 is 2.65 bits per heavy atom. The van der Waals surface area contributed by atoms with E-state index in [0.29, 0.717) is 18.4 Å². The van der Waals surface area contributed by atoms with E-state index in [0.717, 1.165) is 12.5 Å². The normalized spacial score (nSPS) is 16.7. The fourth-order valence-electron chi connectivity index (χ4n) is 2.50. The van der Waals surface area contributed by atoms with Crippen LogP contribution in [0, 0.1) is 10.1 Å². The molecule has 0 aliphatic heterocycles. The van der Waals surface area contributed by atoms with Gasteiger partial charge in [0.15, 0.2) is 4.90 Å². The molecule has 1 fully saturated rings. The number of nitrogens with one attached hydrogen (secondary N) is 2. The molecular weight excluding hydrogens is 324 g/mol. The number of hydrogen-bond acceptors (Lipinski definition) is 7. The number of benzene rings is 1. The Bertz CT molecular complexity index is 844. The second-order valence-corrected chi connectivity index (χ2v) is 7.35. The fraction of sp³-hybridized carbons (Fsp3) is 0.417. The summed E-state index contributed by atoms with van der Waals surface area (Å²) >= 11 is 0. The van der Waals surface area contributed by atoms with Crippen LogP contribution in [-0.2, 0) is 10.0 Å². The average Bonchev–Trinajstić information content (AvgIpc) is 2.98. The second kappa shape index (κ2) is 5.35. The molecule has 1 saturated carbocycles. The molecular formula is C12H14N6O4S. The van der Waals surface area contributed by atoms with Crippen molar-refractivity contribution in [3.8, 4) is 11.4 Å². The molecule has 1 heterocycles. The minimum Gasteiger partial charge on any atom is -0.258 e. The van der Waals surface area contributed by atoms with Crippen LogP contribution in [0.3, 0.4) is 0 Å². The van der Waals surface area contributed by atoms with Crippen LogP contribution in [0.2, 0.25) is 0 Å². The summed E-state index contributed by atoms with van der Waals surface area (Å²) in [5, 5.41) is 24.4. The van der Waals surface area contributed by atoms with Gasteiger partial charge in [0, 0.05) is 17.2 Å². The Hall–Kier alpha value is -2.40. The van der Waals surface area contributed by atoms with Gasteiger partial charge in [-0.2, -0.15) is 5.21 Å². The SMILES string of the molecule is CC1(NS(=O)(=O)c2ccc(-c3nn[nH]n3)cc2[N+](=O)[O-])CCC1. The molecule has 0 amide bonds. The zero-order chi connectivity index (χ0) is 16.7. The summed E-state index contributed by atoms with van der Waals surface area (Å²) in [5.41, 5.74) is -0.763. The molecule has 0 bridgehead atoms. The summed E-state index contributed by atoms with van der Waals surface area (Å²) in [6.07, 6.45) is 2.35. The molecule has 0 spiro atoms. The van der Waals surface area contributed by atoms with Crippen LogP contribution in [0.25, 0.3) is 11.4 Å². The van der Waals surface area contributed by atoms with Gasteiger partial charge in [-0.25, -0.2) is 13.1 Å². The minimum atomic E-state index is -4.00. The number of H-pyrrole nitrogens is 1. The molecule has 10 nitrogen and oxygen atoms in total. The van der Waals surface area contributed by atoms with Gasteiger partial charge >= 0.3 is 0 Å². The van der Waals surface area contributed by atoms with Crippen LogP contribution in [0.5, 0.6) is 0 Å². The molecule has 1 aliphatic carbocycles. The molecule has 11 heteroatoms. The molecule has 2 N–H and O–H groups in total. The Labute approximate surface area is 131 Å². The first-order valence-corrected chi connectivity index (χ1v) is 8.35. The molecule has 1 aromatic heterocycles. The number of hydrogen-bond donors (Lipinski definition) is 2. The Balaban J connectivity index is 2.03. The van der Waals surface area contributed by atoms with E-state index >= 15 is 0 Å². The first kappa shape index (κ1) is 15.5. The number of rotatable bonds is 5. The van der Waals surface area contributed by atoms with Gasteiger partial charge in [-0.1, -0.05) is 0 Å². The maximum atomic E-state index is 12.5. The average molecular weight is 338 g/mol. The van der Waals surface area contributed by atoms with Crippen LogP contribution < -0.4 is 4.72 Å². The van der Waals surface area contributed by atoms with E-state index in [9.17, 15) is 18.5 Å². The highest BCUT2D eigenvalue weighted by molar-refractivity contribution is 7.89. The molecule has 1 aromatic carbocycles. The third kappa shape index (κ3) is 2.92. The van der Waals surface area contributed by atoms with Crippen LogP contribution in [0.1, 0.15) is 26.2 Å². The number of tetrazole rings is 1. The van der Waals surface area contributed by atoms with Crippen LogP contribution >= 0.6 is 0 Å². The summed E-state index contributed by atoms with van der Waals surface area (Å²) in [7, 11) is -4.00. The number of nitro groups is 1. The van der Waals surface area contributed by atoms with Gasteiger partial charge in [0.05, 0.1) is 4.92 Å². The lowest BCUT2D eigenvalue weighted by atomic mass is 9.80. The largest absolute Gasteiger partial charge is 0.290 e. The third-order valence-corrected chi connectivity index (χ3v) is 5.57. The number of aromatic nitrogens is 4. The van der Waals surface area contributed by atoms with Crippen LogP contribution in [-0.4, -0.2) is 39.5 Å². The molecule has 0 unspecified atom stereocenters. The number of nitro benzene ring substituents is 1. The molecule has 2 aromatic rings. The molecule has 122 valence electrons. The van der Waals surface area contributed by atoms with E-state index in [1.807, 2.05) is 0 Å². The topological polar surface area (TPSA) is 144 Å². The minimum absolute atomic E-state index is 0.149. The van der Waals surface area contributed by atoms with Crippen molar-refractivity contribution < 1.29 is 13.3 Å². The molecule has 3 rings (SSSR count). The summed E-state index contributed by atoms with van der Waals surface area (Å²) in [5.74, 6) is 0.149. The van der Waals surface area contributed by atoms with E-state index in [2.05, 4.69) is 25.3 Å². The second-order valence-electron chi connectivity index (χ2n) is 5.69. The van der Waals surface area contributed by atoms with Gasteiger partial charge in [0.1, 0.15) is 0 Å². The zero-order valence-electron chi connectivity index (χ0n) is 12.2. The maximum absolute atomic E-state index is 12.5. The van der Waals surface area contributed by atoms with Gasteiger partial charge < -0.3 is 0 Å². The Morgan fingerprint density at radius 1 is 1.39 bits per heavy atom. The number of nitrogens with zero attached hydrogens (tertiary/aromatic N) is 4. The zero-order valence-corrected chi connectivity index (χ0v) is 13.0. The third-order valence-electron chi connectivity index (χ3n) is 3.89. The summed E-state index contributed by atoms with van der Waals surface area (Å²) < 4.78 is 27.5. The van der Waals surface area contributed by atoms with Crippen molar-refractivity contribution in [3.63, 3.8) is 0 Å². The van der Waals surface area contributed by atoms with Crippen molar-refractivity contribution in [1.82, 2.24) is 25.3 Å². The lowest BCUT2D eigenvalue weighted by Gasteiger charge is -2.38. The van der Waals surface area contributed by atoms with Gasteiger partial charge in [0.2, 0.25) is 15.8 Å². The Kier molecular flexibility index (Phi) is 3.60. The molecule has 1 aliphatic rings. The summed E-state index contributed by atoms with van der Waals surface area (Å²) in [6, 6.07) is 3.73. The lowest BCUT2D eigenvalue weighted by molar-refractivity contribution is -0.387. The standard InChI is InChI=1S/C12H14N6O4S/c1-12(5-2-6-12)15-23(21,22)10-4-3-8(7-9(10)18(19)20)11-13-16-17-14-11/h3-4,7,15H,2,5-6H2,1H3,(H,13,14,16,17). The summed E-state index contributed by atoms with van der Waals surface area (Å²) in [6.45, 7) is 1.79. The van der Waals surface area contributed by atoms with Gasteiger partial charge in [-0.3, -0.25) is 10.1 Å². The van der Waals surface area contributed by atoms with Crippen molar-refractivity contribution in [1.29, 1.82) is 0 Å². The highest BCUT2D eigenvalue weighted by atomic mass is 32.2. The van der Waals surface area contributed by atoms with Crippen molar-refractivity contribution in [2.45, 2.75) is 36.6 Å². The highest BCUT2D eigenvalue weighted by Crippen LogP contribution is 2.35. The van der Waals surface area contributed by atoms with Gasteiger partial charge in [-0.15, -0.1) is 10.2 Å². The van der Waals surface area contributed by atoms with Crippen molar-refractivity contribution in [2.24, 2.45) is 0 Å². The Morgan fingerprint density at radius 2 is 2.13 bits per heavy atom. The van der Waals surface area contributed by atoms with E-state index in [1.54, 1.807) is 6.92 Å². The van der Waals surface area contributed by atoms with Gasteiger partial charge in [0.25, 0.3) is 5.69 Å². The molecule has 0 atom stereocenters. The number of sulfonamides is 1. The van der Waals surface area contributed by atoms with Crippen LogP contribution in [0.15, 0.2) is 23.1 Å². The van der Waals surface area contributed by atoms with Gasteiger partial charge in [-0.05, 0) is 43.5 Å². The van der Waals surface area contributed by atoms with E-state index in [-0.39, 0.29) is 10.7 Å². The smallest absolute Gasteiger partial charge is 0.258 e. The molecule has 0 radical (unpaired) electrons. The number of aromatic amines is 1. The first-order chi connectivity index (χ1) is 10.8. The highest BCUT2D eigenvalue weighted by Gasteiger charge is 2.38. The predicted molar refractivity (Wildman–Crippen MR) is 78.8 cm³/mol. The van der Waals surface area contributed by atoms with Crippen LogP contribution in [0.4, 0.5) is 5.69 Å². The van der Waals surface area contributed by atoms with Crippen molar-refractivity contribution in [3.05, 3.63) is 28.3 Å². The summed E-state index contributed by atoms with van der Waals surface area (Å²) in [4.78, 5) is 10.2. The van der Waals surface area contributed by atoms with Crippen molar-refractivity contribution >= 4 is 15.7 Å².